The van der Waals surface area contributed by atoms with Gasteiger partial charge in [-0.25, -0.2) is 0 Å². The van der Waals surface area contributed by atoms with Gasteiger partial charge in [0, 0.05) is 16.8 Å². The summed E-state index contributed by atoms with van der Waals surface area (Å²) < 4.78 is 0. The number of halogens is 1. The molecule has 1 aliphatic heterocycles. The molecule has 6 heteroatoms. The van der Waals surface area contributed by atoms with Crippen molar-refractivity contribution in [2.75, 3.05) is 25.0 Å². The first-order chi connectivity index (χ1) is 12.5. The smallest absolute Gasteiger partial charge is 0.243 e. The molecule has 0 bridgehead atoms. The normalized spacial score (nSPS) is 23.2. The lowest BCUT2D eigenvalue weighted by Crippen LogP contribution is -2.51. The SMILES string of the molecule is Cc1c(Cl)cccc1NC(=O)CNC(=O)CN1CCC[C@H]2CCCC[C@@H]21. The van der Waals surface area contributed by atoms with E-state index in [0.717, 1.165) is 18.0 Å². The molecule has 2 amide bonds. The molecule has 3 rings (SSSR count). The maximum absolute atomic E-state index is 12.3. The Morgan fingerprint density at radius 2 is 1.92 bits per heavy atom. The monoisotopic (exact) mass is 377 g/mol. The number of rotatable bonds is 5. The van der Waals surface area contributed by atoms with Crippen LogP contribution in [-0.4, -0.2) is 42.4 Å². The molecule has 0 spiro atoms. The number of carbonyl (C=O) groups is 2. The van der Waals surface area contributed by atoms with Crippen LogP contribution < -0.4 is 10.6 Å². The summed E-state index contributed by atoms with van der Waals surface area (Å²) in [6.45, 7) is 3.22. The Morgan fingerprint density at radius 3 is 2.77 bits per heavy atom. The number of hydrogen-bond donors (Lipinski definition) is 2. The van der Waals surface area contributed by atoms with E-state index in [1.54, 1.807) is 18.2 Å². The molecular weight excluding hydrogens is 350 g/mol. The summed E-state index contributed by atoms with van der Waals surface area (Å²) in [4.78, 5) is 26.7. The fourth-order valence-corrected chi connectivity index (χ4v) is 4.46. The summed E-state index contributed by atoms with van der Waals surface area (Å²) in [6, 6.07) is 5.93. The maximum atomic E-state index is 12.3. The summed E-state index contributed by atoms with van der Waals surface area (Å²) in [5.74, 6) is 0.437. The van der Waals surface area contributed by atoms with Crippen molar-refractivity contribution in [2.45, 2.75) is 51.5 Å². The molecular formula is C20H28ClN3O2. The minimum absolute atomic E-state index is 0.0211. The van der Waals surface area contributed by atoms with Gasteiger partial charge in [0.1, 0.15) is 0 Å². The summed E-state index contributed by atoms with van der Waals surface area (Å²) in [7, 11) is 0. The maximum Gasteiger partial charge on any atom is 0.243 e. The number of nitrogens with zero attached hydrogens (tertiary/aromatic N) is 1. The summed E-state index contributed by atoms with van der Waals surface area (Å²) in [6.07, 6.45) is 7.55. The average Bonchev–Trinajstić information content (AvgIpc) is 2.64. The van der Waals surface area contributed by atoms with Crippen LogP contribution in [0, 0.1) is 12.8 Å². The van der Waals surface area contributed by atoms with Crippen molar-refractivity contribution >= 4 is 29.1 Å². The van der Waals surface area contributed by atoms with Gasteiger partial charge in [0.2, 0.25) is 11.8 Å². The van der Waals surface area contributed by atoms with Gasteiger partial charge in [0.25, 0.3) is 0 Å². The fourth-order valence-electron chi connectivity index (χ4n) is 4.28. The van der Waals surface area contributed by atoms with Gasteiger partial charge in [0.15, 0.2) is 0 Å². The van der Waals surface area contributed by atoms with Crippen molar-refractivity contribution in [1.82, 2.24) is 10.2 Å². The number of likely N-dealkylation sites (tertiary alicyclic amines) is 1. The zero-order valence-corrected chi connectivity index (χ0v) is 16.1. The lowest BCUT2D eigenvalue weighted by Gasteiger charge is -2.43. The molecule has 2 atom stereocenters. The molecule has 1 aromatic carbocycles. The topological polar surface area (TPSA) is 61.4 Å². The third kappa shape index (κ3) is 4.77. The average molecular weight is 378 g/mol. The Morgan fingerprint density at radius 1 is 1.15 bits per heavy atom. The van der Waals surface area contributed by atoms with Crippen molar-refractivity contribution in [3.63, 3.8) is 0 Å². The van der Waals surface area contributed by atoms with Gasteiger partial charge in [-0.05, 0) is 62.8 Å². The summed E-state index contributed by atoms with van der Waals surface area (Å²) in [5, 5.41) is 6.17. The second-order valence-electron chi connectivity index (χ2n) is 7.46. The Balaban J connectivity index is 1.46. The molecule has 1 aromatic rings. The molecule has 2 aliphatic rings. The van der Waals surface area contributed by atoms with Crippen molar-refractivity contribution in [3.8, 4) is 0 Å². The molecule has 142 valence electrons. The minimum atomic E-state index is -0.238. The number of carbonyl (C=O) groups excluding carboxylic acids is 2. The number of piperidine rings is 1. The van der Waals surface area contributed by atoms with E-state index in [0.29, 0.717) is 23.3 Å². The first kappa shape index (κ1) is 19.2. The van der Waals surface area contributed by atoms with Crippen LogP contribution in [-0.2, 0) is 9.59 Å². The lowest BCUT2D eigenvalue weighted by atomic mass is 9.78. The van der Waals surface area contributed by atoms with Crippen LogP contribution in [0.3, 0.4) is 0 Å². The van der Waals surface area contributed by atoms with E-state index < -0.39 is 0 Å². The van der Waals surface area contributed by atoms with Crippen LogP contribution in [0.5, 0.6) is 0 Å². The Hall–Kier alpha value is -1.59. The van der Waals surface area contributed by atoms with Gasteiger partial charge in [0.05, 0.1) is 13.1 Å². The molecule has 5 nitrogen and oxygen atoms in total. The van der Waals surface area contributed by atoms with E-state index in [1.165, 1.54) is 38.5 Å². The zero-order chi connectivity index (χ0) is 18.5. The van der Waals surface area contributed by atoms with Crippen LogP contribution in [0.25, 0.3) is 0 Å². The predicted molar refractivity (Wildman–Crippen MR) is 104 cm³/mol. The number of amides is 2. The predicted octanol–water partition coefficient (Wildman–Crippen LogP) is 3.36. The Kier molecular flexibility index (Phi) is 6.54. The Labute approximate surface area is 160 Å². The largest absolute Gasteiger partial charge is 0.346 e. The first-order valence-electron chi connectivity index (χ1n) is 9.60. The molecule has 26 heavy (non-hydrogen) atoms. The molecule has 1 saturated carbocycles. The molecule has 1 aliphatic carbocycles. The number of hydrogen-bond acceptors (Lipinski definition) is 3. The van der Waals surface area contributed by atoms with Crippen molar-refractivity contribution in [3.05, 3.63) is 28.8 Å². The quantitative estimate of drug-likeness (QED) is 0.827. The van der Waals surface area contributed by atoms with E-state index in [1.807, 2.05) is 6.92 Å². The van der Waals surface area contributed by atoms with Gasteiger partial charge < -0.3 is 10.6 Å². The minimum Gasteiger partial charge on any atom is -0.346 e. The second-order valence-corrected chi connectivity index (χ2v) is 7.87. The summed E-state index contributed by atoms with van der Waals surface area (Å²) in [5.41, 5.74) is 1.50. The molecule has 1 saturated heterocycles. The molecule has 2 fully saturated rings. The van der Waals surface area contributed by atoms with Crippen LogP contribution in [0.15, 0.2) is 18.2 Å². The molecule has 0 unspecified atom stereocenters. The zero-order valence-electron chi connectivity index (χ0n) is 15.4. The van der Waals surface area contributed by atoms with Crippen molar-refractivity contribution in [2.24, 2.45) is 5.92 Å². The van der Waals surface area contributed by atoms with E-state index in [-0.39, 0.29) is 18.4 Å². The Bertz CT molecular complexity index is 662. The van der Waals surface area contributed by atoms with Crippen LogP contribution in [0.4, 0.5) is 5.69 Å². The third-order valence-corrected chi connectivity index (χ3v) is 6.10. The second kappa shape index (κ2) is 8.87. The molecule has 1 heterocycles. The van der Waals surface area contributed by atoms with Gasteiger partial charge in [-0.15, -0.1) is 0 Å². The number of anilines is 1. The number of benzene rings is 1. The highest BCUT2D eigenvalue weighted by Crippen LogP contribution is 2.34. The molecule has 0 aromatic heterocycles. The van der Waals surface area contributed by atoms with E-state index >= 15 is 0 Å². The van der Waals surface area contributed by atoms with E-state index in [2.05, 4.69) is 15.5 Å². The van der Waals surface area contributed by atoms with Crippen LogP contribution in [0.2, 0.25) is 5.02 Å². The standard InChI is InChI=1S/C20H28ClN3O2/c1-14-16(21)8-4-9-17(14)23-19(25)12-22-20(26)13-24-11-5-7-15-6-2-3-10-18(15)24/h4,8-9,15,18H,2-3,5-7,10-13H2,1H3,(H,22,26)(H,23,25)/t15-,18+/m1/s1. The van der Waals surface area contributed by atoms with Crippen molar-refractivity contribution in [1.29, 1.82) is 0 Å². The van der Waals surface area contributed by atoms with Gasteiger partial charge in [-0.2, -0.15) is 0 Å². The highest BCUT2D eigenvalue weighted by Gasteiger charge is 2.33. The van der Waals surface area contributed by atoms with E-state index in [4.69, 9.17) is 11.6 Å². The lowest BCUT2D eigenvalue weighted by molar-refractivity contribution is -0.126. The van der Waals surface area contributed by atoms with Crippen LogP contribution >= 0.6 is 11.6 Å². The summed E-state index contributed by atoms with van der Waals surface area (Å²) >= 11 is 6.06. The fraction of sp³-hybridized carbons (Fsp3) is 0.600. The van der Waals surface area contributed by atoms with Gasteiger partial charge in [-0.3, -0.25) is 14.5 Å². The number of nitrogens with one attached hydrogen (secondary N) is 2. The molecule has 2 N–H and O–H groups in total. The highest BCUT2D eigenvalue weighted by atomic mass is 35.5. The first-order valence-corrected chi connectivity index (χ1v) is 9.98. The van der Waals surface area contributed by atoms with Gasteiger partial charge >= 0.3 is 0 Å². The van der Waals surface area contributed by atoms with Crippen molar-refractivity contribution < 1.29 is 9.59 Å². The number of fused-ring (bicyclic) bond motifs is 1. The van der Waals surface area contributed by atoms with Gasteiger partial charge in [-0.1, -0.05) is 30.5 Å². The highest BCUT2D eigenvalue weighted by molar-refractivity contribution is 6.31. The van der Waals surface area contributed by atoms with Crippen LogP contribution in [0.1, 0.15) is 44.1 Å². The molecule has 0 radical (unpaired) electrons. The van der Waals surface area contributed by atoms with E-state index in [9.17, 15) is 9.59 Å². The third-order valence-electron chi connectivity index (χ3n) is 5.69.